The van der Waals surface area contributed by atoms with E-state index in [4.69, 9.17) is 4.74 Å². The number of ether oxygens (including phenoxy) is 1. The van der Waals surface area contributed by atoms with E-state index in [1.165, 1.54) is 23.3 Å². The quantitative estimate of drug-likeness (QED) is 0.505. The zero-order valence-electron chi connectivity index (χ0n) is 19.7. The van der Waals surface area contributed by atoms with Crippen LogP contribution >= 0.6 is 0 Å². The standard InChI is InChI=1S/C27H31F3N2O2/c1-4-16-34-25-13-12-23(18(2)19(25)3)24-7-5-6-22-17-31(14-15-32(22)24)26(33)20-8-10-21(11-9-20)27(28,29)30/h4,8-13,22,24H,1,5-7,14-17H2,2-3H3/t22?,24-/m1/s1. The van der Waals surface area contributed by atoms with E-state index < -0.39 is 11.7 Å². The van der Waals surface area contributed by atoms with E-state index in [-0.39, 0.29) is 18.0 Å². The number of piperidine rings is 1. The van der Waals surface area contributed by atoms with Crippen LogP contribution in [-0.2, 0) is 6.18 Å². The van der Waals surface area contributed by atoms with Crippen LogP contribution < -0.4 is 4.74 Å². The molecule has 2 aliphatic heterocycles. The summed E-state index contributed by atoms with van der Waals surface area (Å²) in [4.78, 5) is 17.3. The molecule has 1 amide bonds. The van der Waals surface area contributed by atoms with E-state index in [1.54, 1.807) is 11.0 Å². The molecular formula is C27H31F3N2O2. The first kappa shape index (κ1) is 24.3. The van der Waals surface area contributed by atoms with Crippen LogP contribution in [0.25, 0.3) is 0 Å². The van der Waals surface area contributed by atoms with Crippen LogP contribution in [0, 0.1) is 13.8 Å². The number of nitrogens with zero attached hydrogens (tertiary/aromatic N) is 2. The normalized spacial score (nSPS) is 21.1. The molecule has 7 heteroatoms. The van der Waals surface area contributed by atoms with Crippen LogP contribution in [0.2, 0.25) is 0 Å². The van der Waals surface area contributed by atoms with Crippen molar-refractivity contribution in [2.75, 3.05) is 26.2 Å². The fraction of sp³-hybridized carbons (Fsp3) is 0.444. The number of piperazine rings is 1. The molecule has 0 radical (unpaired) electrons. The highest BCUT2D eigenvalue weighted by Gasteiger charge is 2.38. The molecule has 2 aromatic carbocycles. The molecule has 2 saturated heterocycles. The van der Waals surface area contributed by atoms with Gasteiger partial charge in [-0.25, -0.2) is 0 Å². The van der Waals surface area contributed by atoms with Gasteiger partial charge in [0.1, 0.15) is 12.4 Å². The highest BCUT2D eigenvalue weighted by Crippen LogP contribution is 2.39. The van der Waals surface area contributed by atoms with E-state index in [0.29, 0.717) is 25.3 Å². The van der Waals surface area contributed by atoms with Gasteiger partial charge in [0.05, 0.1) is 5.56 Å². The molecular weight excluding hydrogens is 441 g/mol. The molecule has 2 fully saturated rings. The lowest BCUT2D eigenvalue weighted by Crippen LogP contribution is -2.57. The highest BCUT2D eigenvalue weighted by molar-refractivity contribution is 5.94. The molecule has 0 aliphatic carbocycles. The smallest absolute Gasteiger partial charge is 0.416 e. The minimum Gasteiger partial charge on any atom is -0.489 e. The Kier molecular flexibility index (Phi) is 7.03. The Morgan fingerprint density at radius 1 is 1.09 bits per heavy atom. The van der Waals surface area contributed by atoms with Crippen LogP contribution in [-0.4, -0.2) is 48.0 Å². The number of halogens is 3. The van der Waals surface area contributed by atoms with E-state index in [9.17, 15) is 18.0 Å². The second kappa shape index (κ2) is 9.82. The van der Waals surface area contributed by atoms with E-state index in [2.05, 4.69) is 31.4 Å². The predicted molar refractivity (Wildman–Crippen MR) is 126 cm³/mol. The number of hydrogen-bond donors (Lipinski definition) is 0. The number of hydrogen-bond acceptors (Lipinski definition) is 3. The summed E-state index contributed by atoms with van der Waals surface area (Å²) in [6.45, 7) is 10.3. The van der Waals surface area contributed by atoms with Crippen LogP contribution in [0.5, 0.6) is 5.75 Å². The SMILES string of the molecule is C=CCOc1ccc([C@H]2CCCC3CN(C(=O)c4ccc(C(F)(F)F)cc4)CCN32)c(C)c1C. The summed E-state index contributed by atoms with van der Waals surface area (Å²) in [5.41, 5.74) is 3.23. The Morgan fingerprint density at radius 2 is 1.82 bits per heavy atom. The number of rotatable bonds is 5. The van der Waals surface area contributed by atoms with Gasteiger partial charge in [-0.2, -0.15) is 13.2 Å². The monoisotopic (exact) mass is 472 g/mol. The molecule has 0 aromatic heterocycles. The summed E-state index contributed by atoms with van der Waals surface area (Å²) in [6, 6.07) is 9.24. The fourth-order valence-corrected chi connectivity index (χ4v) is 5.24. The summed E-state index contributed by atoms with van der Waals surface area (Å²) in [5.74, 6) is 0.673. The third-order valence-corrected chi connectivity index (χ3v) is 7.18. The average molecular weight is 473 g/mol. The molecule has 34 heavy (non-hydrogen) atoms. The van der Waals surface area contributed by atoms with Gasteiger partial charge in [0.2, 0.25) is 0 Å². The molecule has 0 spiro atoms. The van der Waals surface area contributed by atoms with Gasteiger partial charge in [-0.15, -0.1) is 0 Å². The Morgan fingerprint density at radius 3 is 2.50 bits per heavy atom. The van der Waals surface area contributed by atoms with Gasteiger partial charge in [0.25, 0.3) is 5.91 Å². The van der Waals surface area contributed by atoms with Gasteiger partial charge in [0.15, 0.2) is 0 Å². The molecule has 4 nitrogen and oxygen atoms in total. The average Bonchev–Trinajstić information content (AvgIpc) is 2.83. The van der Waals surface area contributed by atoms with Crippen molar-refractivity contribution in [1.82, 2.24) is 9.80 Å². The molecule has 4 rings (SSSR count). The zero-order chi connectivity index (χ0) is 24.5. The highest BCUT2D eigenvalue weighted by atomic mass is 19.4. The fourth-order valence-electron chi connectivity index (χ4n) is 5.24. The first-order valence-corrected chi connectivity index (χ1v) is 11.8. The summed E-state index contributed by atoms with van der Waals surface area (Å²) in [6.07, 6.45) is 0.473. The molecule has 0 N–H and O–H groups in total. The first-order valence-electron chi connectivity index (χ1n) is 11.8. The van der Waals surface area contributed by atoms with Crippen LogP contribution in [0.4, 0.5) is 13.2 Å². The number of amides is 1. The lowest BCUT2D eigenvalue weighted by Gasteiger charge is -2.48. The Bertz CT molecular complexity index is 1050. The minimum absolute atomic E-state index is 0.203. The van der Waals surface area contributed by atoms with Crippen LogP contribution in [0.15, 0.2) is 49.1 Å². The van der Waals surface area contributed by atoms with Crippen molar-refractivity contribution < 1.29 is 22.7 Å². The van der Waals surface area contributed by atoms with Crippen molar-refractivity contribution in [2.24, 2.45) is 0 Å². The molecule has 2 heterocycles. The molecule has 2 aromatic rings. The van der Waals surface area contributed by atoms with Crippen molar-refractivity contribution in [1.29, 1.82) is 0 Å². The maximum atomic E-state index is 13.0. The van der Waals surface area contributed by atoms with Gasteiger partial charge >= 0.3 is 6.18 Å². The zero-order valence-corrected chi connectivity index (χ0v) is 19.7. The topological polar surface area (TPSA) is 32.8 Å². The second-order valence-corrected chi connectivity index (χ2v) is 9.17. The first-order chi connectivity index (χ1) is 16.2. The summed E-state index contributed by atoms with van der Waals surface area (Å²) < 4.78 is 44.4. The summed E-state index contributed by atoms with van der Waals surface area (Å²) >= 11 is 0. The van der Waals surface area contributed by atoms with Gasteiger partial charge in [0, 0.05) is 37.3 Å². The van der Waals surface area contributed by atoms with Gasteiger partial charge < -0.3 is 9.64 Å². The lowest BCUT2D eigenvalue weighted by atomic mass is 9.86. The number of fused-ring (bicyclic) bond motifs is 1. The maximum Gasteiger partial charge on any atom is 0.416 e. The predicted octanol–water partition coefficient (Wildman–Crippen LogP) is 5.94. The minimum atomic E-state index is -4.41. The Hall–Kier alpha value is -2.80. The van der Waals surface area contributed by atoms with Gasteiger partial charge in [-0.05, 0) is 80.1 Å². The van der Waals surface area contributed by atoms with Crippen molar-refractivity contribution in [3.8, 4) is 5.75 Å². The molecule has 0 bridgehead atoms. The second-order valence-electron chi connectivity index (χ2n) is 9.17. The van der Waals surface area contributed by atoms with Crippen molar-refractivity contribution >= 4 is 5.91 Å². The Labute approximate surface area is 199 Å². The van der Waals surface area contributed by atoms with E-state index >= 15 is 0 Å². The third-order valence-electron chi connectivity index (χ3n) is 7.18. The molecule has 2 aliphatic rings. The number of benzene rings is 2. The number of carbonyl (C=O) groups is 1. The van der Waals surface area contributed by atoms with Crippen molar-refractivity contribution in [2.45, 2.75) is 51.4 Å². The maximum absolute atomic E-state index is 13.0. The molecule has 182 valence electrons. The number of carbonyl (C=O) groups excluding carboxylic acids is 1. The Balaban J connectivity index is 1.48. The lowest BCUT2D eigenvalue weighted by molar-refractivity contribution is -0.137. The third kappa shape index (κ3) is 4.85. The van der Waals surface area contributed by atoms with Crippen LogP contribution in [0.3, 0.4) is 0 Å². The molecule has 1 unspecified atom stereocenters. The summed E-state index contributed by atoms with van der Waals surface area (Å²) in [7, 11) is 0. The van der Waals surface area contributed by atoms with Gasteiger partial charge in [-0.1, -0.05) is 18.7 Å². The van der Waals surface area contributed by atoms with Gasteiger partial charge in [-0.3, -0.25) is 9.69 Å². The largest absolute Gasteiger partial charge is 0.489 e. The summed E-state index contributed by atoms with van der Waals surface area (Å²) in [5, 5.41) is 0. The number of alkyl halides is 3. The van der Waals surface area contributed by atoms with Crippen molar-refractivity contribution in [3.63, 3.8) is 0 Å². The van der Waals surface area contributed by atoms with Crippen molar-refractivity contribution in [3.05, 3.63) is 76.9 Å². The van der Waals surface area contributed by atoms with E-state index in [0.717, 1.165) is 49.3 Å². The molecule has 0 saturated carbocycles. The van der Waals surface area contributed by atoms with Crippen LogP contribution in [0.1, 0.15) is 57.9 Å². The van der Waals surface area contributed by atoms with E-state index in [1.807, 2.05) is 6.07 Å². The molecule has 2 atom stereocenters.